The highest BCUT2D eigenvalue weighted by Crippen LogP contribution is 2.18. The van der Waals surface area contributed by atoms with E-state index in [1.807, 2.05) is 21.0 Å². The number of rotatable bonds is 5. The number of anilines is 1. The summed E-state index contributed by atoms with van der Waals surface area (Å²) in [4.78, 5) is 24.8. The first-order valence-corrected chi connectivity index (χ1v) is 6.84. The van der Waals surface area contributed by atoms with Crippen LogP contribution in [-0.2, 0) is 4.79 Å². The fourth-order valence-electron chi connectivity index (χ4n) is 1.53. The Morgan fingerprint density at radius 2 is 1.95 bits per heavy atom. The van der Waals surface area contributed by atoms with Gasteiger partial charge in [0.15, 0.2) is 6.54 Å². The number of likely N-dealkylation sites (N-methyl/N-ethyl adjacent to an activating group) is 1. The molecular weight excluding hydrogens is 270 g/mol. The highest BCUT2D eigenvalue weighted by atomic mass is 16.6. The molecule has 0 saturated carbocycles. The second-order valence-electron chi connectivity index (χ2n) is 5.75. The molecule has 0 aliphatic carbocycles. The van der Waals surface area contributed by atoms with Crippen LogP contribution >= 0.6 is 0 Å². The molecule has 0 aliphatic rings. The normalized spacial score (nSPS) is 10.9. The maximum Gasteiger partial charge on any atom is 0.414 e. The average molecular weight is 294 g/mol. The largest absolute Gasteiger partial charge is 0.414 e. The molecule has 0 atom stereocenters. The van der Waals surface area contributed by atoms with Crippen molar-refractivity contribution in [3.8, 4) is 5.75 Å². The molecule has 2 amide bonds. The number of amides is 2. The number of carbonyl (C=O) groups is 2. The summed E-state index contributed by atoms with van der Waals surface area (Å²) in [5.41, 5.74) is 0.611. The predicted octanol–water partition coefficient (Wildman–Crippen LogP) is 1.78. The zero-order valence-electron chi connectivity index (χ0n) is 13.3. The number of quaternary nitrogens is 1. The van der Waals surface area contributed by atoms with Gasteiger partial charge in [0.1, 0.15) is 5.75 Å². The van der Waals surface area contributed by atoms with Gasteiger partial charge in [0.2, 0.25) is 0 Å². The molecule has 1 rings (SSSR count). The van der Waals surface area contributed by atoms with E-state index in [4.69, 9.17) is 4.74 Å². The molecule has 0 aromatic heterocycles. The second kappa shape index (κ2) is 7.08. The number of benzene rings is 1. The fraction of sp³-hybridized carbons (Fsp3) is 0.467. The number of hydrogen-bond donors (Lipinski definition) is 1. The van der Waals surface area contributed by atoms with Gasteiger partial charge in [-0.3, -0.25) is 4.79 Å². The van der Waals surface area contributed by atoms with Crippen LogP contribution in [0.3, 0.4) is 0 Å². The first-order valence-electron chi connectivity index (χ1n) is 6.84. The van der Waals surface area contributed by atoms with Crippen LogP contribution < -0.4 is 10.1 Å². The summed E-state index contributed by atoms with van der Waals surface area (Å²) in [6, 6.07) is 6.79. The Kier molecular flexibility index (Phi) is 5.72. The highest BCUT2D eigenvalue weighted by molar-refractivity contribution is 5.91. The van der Waals surface area contributed by atoms with Gasteiger partial charge in [-0.25, -0.2) is 4.79 Å². The van der Waals surface area contributed by atoms with Crippen molar-refractivity contribution in [1.82, 2.24) is 4.90 Å². The number of nitrogens with one attached hydrogen (secondary N) is 1. The van der Waals surface area contributed by atoms with Crippen molar-refractivity contribution in [3.63, 3.8) is 0 Å². The molecule has 0 heterocycles. The molecule has 1 N–H and O–H groups in total. The minimum absolute atomic E-state index is 0.0714. The Hall–Kier alpha value is -2.08. The maximum atomic E-state index is 12.0. The van der Waals surface area contributed by atoms with Crippen LogP contribution in [0.1, 0.15) is 6.92 Å². The van der Waals surface area contributed by atoms with E-state index in [0.29, 0.717) is 22.5 Å². The number of hydrogen-bond acceptors (Lipinski definition) is 3. The SMILES string of the molecule is CC[N+](C)(C)CC(=O)Nc1cccc(OC(=O)N(C)C)c1. The molecule has 1 aromatic carbocycles. The summed E-state index contributed by atoms with van der Waals surface area (Å²) in [6.45, 7) is 3.29. The quantitative estimate of drug-likeness (QED) is 0.842. The third-order valence-corrected chi connectivity index (χ3v) is 3.12. The second-order valence-corrected chi connectivity index (χ2v) is 5.75. The van der Waals surface area contributed by atoms with Crippen LogP contribution in [0, 0.1) is 0 Å². The molecule has 0 radical (unpaired) electrons. The van der Waals surface area contributed by atoms with E-state index in [1.54, 1.807) is 38.4 Å². The molecule has 0 bridgehead atoms. The van der Waals surface area contributed by atoms with Gasteiger partial charge in [-0.1, -0.05) is 6.07 Å². The van der Waals surface area contributed by atoms with E-state index in [-0.39, 0.29) is 5.91 Å². The Morgan fingerprint density at radius 3 is 2.52 bits per heavy atom. The van der Waals surface area contributed by atoms with Gasteiger partial charge in [0.25, 0.3) is 5.91 Å². The standard InChI is InChI=1S/C15H23N3O3/c1-6-18(4,5)11-14(19)16-12-8-7-9-13(10-12)21-15(20)17(2)3/h7-10H,6,11H2,1-5H3/p+1. The van der Waals surface area contributed by atoms with Crippen LogP contribution in [0.2, 0.25) is 0 Å². The zero-order chi connectivity index (χ0) is 16.0. The lowest BCUT2D eigenvalue weighted by atomic mass is 10.3. The van der Waals surface area contributed by atoms with E-state index in [0.717, 1.165) is 6.54 Å². The fourth-order valence-corrected chi connectivity index (χ4v) is 1.53. The predicted molar refractivity (Wildman–Crippen MR) is 82.3 cm³/mol. The lowest BCUT2D eigenvalue weighted by molar-refractivity contribution is -0.880. The summed E-state index contributed by atoms with van der Waals surface area (Å²) in [6.07, 6.45) is -0.456. The monoisotopic (exact) mass is 294 g/mol. The lowest BCUT2D eigenvalue weighted by Gasteiger charge is -2.27. The molecule has 6 heteroatoms. The molecular formula is C15H24N3O3+. The molecule has 0 saturated heterocycles. The number of nitrogens with zero attached hydrogens (tertiary/aromatic N) is 2. The van der Waals surface area contributed by atoms with E-state index >= 15 is 0 Å². The Morgan fingerprint density at radius 1 is 1.29 bits per heavy atom. The van der Waals surface area contributed by atoms with E-state index < -0.39 is 6.09 Å². The molecule has 21 heavy (non-hydrogen) atoms. The van der Waals surface area contributed by atoms with Crippen LogP contribution in [0.25, 0.3) is 0 Å². The van der Waals surface area contributed by atoms with Crippen molar-refractivity contribution < 1.29 is 18.8 Å². The molecule has 0 spiro atoms. The average Bonchev–Trinajstić information content (AvgIpc) is 2.38. The van der Waals surface area contributed by atoms with Gasteiger partial charge >= 0.3 is 6.09 Å². The Bertz CT molecular complexity index is 513. The third-order valence-electron chi connectivity index (χ3n) is 3.12. The van der Waals surface area contributed by atoms with E-state index in [9.17, 15) is 9.59 Å². The van der Waals surface area contributed by atoms with Crippen molar-refractivity contribution >= 4 is 17.7 Å². The van der Waals surface area contributed by atoms with Crippen LogP contribution in [0.4, 0.5) is 10.5 Å². The minimum atomic E-state index is -0.456. The van der Waals surface area contributed by atoms with Crippen molar-refractivity contribution in [1.29, 1.82) is 0 Å². The van der Waals surface area contributed by atoms with Crippen LogP contribution in [0.5, 0.6) is 5.75 Å². The van der Waals surface area contributed by atoms with Crippen LogP contribution in [-0.4, -0.2) is 62.7 Å². The van der Waals surface area contributed by atoms with E-state index in [1.165, 1.54) is 4.90 Å². The Balaban J connectivity index is 2.68. The summed E-state index contributed by atoms with van der Waals surface area (Å²) < 4.78 is 5.76. The van der Waals surface area contributed by atoms with Crippen LogP contribution in [0.15, 0.2) is 24.3 Å². The topological polar surface area (TPSA) is 58.6 Å². The number of ether oxygens (including phenoxy) is 1. The molecule has 0 aliphatic heterocycles. The van der Waals surface area contributed by atoms with Gasteiger partial charge < -0.3 is 19.4 Å². The minimum Gasteiger partial charge on any atom is -0.410 e. The van der Waals surface area contributed by atoms with Gasteiger partial charge in [0, 0.05) is 25.8 Å². The third kappa shape index (κ3) is 5.83. The van der Waals surface area contributed by atoms with Gasteiger partial charge in [-0.05, 0) is 19.1 Å². The maximum absolute atomic E-state index is 12.0. The summed E-state index contributed by atoms with van der Waals surface area (Å²) in [7, 11) is 7.21. The molecule has 0 fully saturated rings. The first kappa shape index (κ1) is 17.0. The molecule has 0 unspecified atom stereocenters. The van der Waals surface area contributed by atoms with Gasteiger partial charge in [-0.15, -0.1) is 0 Å². The molecule has 6 nitrogen and oxygen atoms in total. The number of carbonyl (C=O) groups excluding carboxylic acids is 2. The summed E-state index contributed by atoms with van der Waals surface area (Å²) in [5, 5.41) is 2.82. The first-order chi connectivity index (χ1) is 9.73. The van der Waals surface area contributed by atoms with Crippen molar-refractivity contribution in [2.45, 2.75) is 6.92 Å². The van der Waals surface area contributed by atoms with Crippen molar-refractivity contribution in [2.75, 3.05) is 46.6 Å². The Labute approximate surface area is 125 Å². The lowest BCUT2D eigenvalue weighted by Crippen LogP contribution is -2.45. The van der Waals surface area contributed by atoms with E-state index in [2.05, 4.69) is 5.32 Å². The van der Waals surface area contributed by atoms with Crippen molar-refractivity contribution in [3.05, 3.63) is 24.3 Å². The molecule has 116 valence electrons. The smallest absolute Gasteiger partial charge is 0.410 e. The highest BCUT2D eigenvalue weighted by Gasteiger charge is 2.17. The zero-order valence-corrected chi connectivity index (χ0v) is 13.3. The summed E-state index contributed by atoms with van der Waals surface area (Å²) in [5.74, 6) is 0.327. The molecule has 1 aromatic rings. The van der Waals surface area contributed by atoms with Gasteiger partial charge in [-0.2, -0.15) is 0 Å². The van der Waals surface area contributed by atoms with Crippen molar-refractivity contribution in [2.24, 2.45) is 0 Å². The summed E-state index contributed by atoms with van der Waals surface area (Å²) >= 11 is 0. The van der Waals surface area contributed by atoms with Gasteiger partial charge in [0.05, 0.1) is 20.6 Å².